The Kier molecular flexibility index (Phi) is 4.44. The Labute approximate surface area is 111 Å². The second-order valence-corrected chi connectivity index (χ2v) is 4.09. The minimum atomic E-state index is -1.05. The Morgan fingerprint density at radius 2 is 2.00 bits per heavy atom. The summed E-state index contributed by atoms with van der Waals surface area (Å²) < 4.78 is 0. The van der Waals surface area contributed by atoms with Crippen LogP contribution in [-0.2, 0) is 6.42 Å². The van der Waals surface area contributed by atoms with Gasteiger partial charge in [-0.05, 0) is 24.5 Å². The smallest absolute Gasteiger partial charge is 0.354 e. The first-order valence-corrected chi connectivity index (χ1v) is 6.10. The van der Waals surface area contributed by atoms with Crippen molar-refractivity contribution in [3.8, 4) is 0 Å². The lowest BCUT2D eigenvalue weighted by Crippen LogP contribution is -2.09. The van der Waals surface area contributed by atoms with E-state index in [1.165, 1.54) is 17.8 Å². The zero-order valence-corrected chi connectivity index (χ0v) is 10.4. The fourth-order valence-corrected chi connectivity index (χ4v) is 1.70. The van der Waals surface area contributed by atoms with Crippen molar-refractivity contribution in [1.82, 2.24) is 9.97 Å². The van der Waals surface area contributed by atoms with E-state index in [1.54, 1.807) is 0 Å². The molecule has 1 aromatic heterocycles. The number of aromatic nitrogens is 2. The number of carboxylic acid groups (broad SMARTS) is 1. The highest BCUT2D eigenvalue weighted by Gasteiger charge is 2.05. The summed E-state index contributed by atoms with van der Waals surface area (Å²) >= 11 is 0. The molecule has 0 aliphatic rings. The van der Waals surface area contributed by atoms with Crippen molar-refractivity contribution in [2.75, 3.05) is 11.9 Å². The lowest BCUT2D eigenvalue weighted by Gasteiger charge is -2.05. The van der Waals surface area contributed by atoms with Crippen molar-refractivity contribution in [3.63, 3.8) is 0 Å². The highest BCUT2D eigenvalue weighted by Crippen LogP contribution is 2.04. The molecule has 0 radical (unpaired) electrons. The van der Waals surface area contributed by atoms with E-state index in [4.69, 9.17) is 5.11 Å². The molecule has 2 aromatic rings. The van der Waals surface area contributed by atoms with E-state index < -0.39 is 5.97 Å². The molecule has 0 bridgehead atoms. The van der Waals surface area contributed by atoms with Crippen LogP contribution in [0.15, 0.2) is 42.6 Å². The Morgan fingerprint density at radius 1 is 1.21 bits per heavy atom. The van der Waals surface area contributed by atoms with Gasteiger partial charge in [0.15, 0.2) is 5.69 Å². The molecule has 98 valence electrons. The summed E-state index contributed by atoms with van der Waals surface area (Å²) in [6.07, 6.45) is 3.34. The summed E-state index contributed by atoms with van der Waals surface area (Å²) in [4.78, 5) is 18.6. The number of nitrogens with zero attached hydrogens (tertiary/aromatic N) is 2. The maximum absolute atomic E-state index is 10.8. The number of aryl methyl sites for hydroxylation is 1. The van der Waals surface area contributed by atoms with Gasteiger partial charge in [0.2, 0.25) is 5.95 Å². The summed E-state index contributed by atoms with van der Waals surface area (Å²) in [5.41, 5.74) is 1.28. The van der Waals surface area contributed by atoms with Crippen LogP contribution < -0.4 is 5.32 Å². The third-order valence-corrected chi connectivity index (χ3v) is 2.64. The average molecular weight is 257 g/mol. The lowest BCUT2D eigenvalue weighted by molar-refractivity contribution is 0.0690. The van der Waals surface area contributed by atoms with E-state index in [0.717, 1.165) is 12.8 Å². The molecule has 0 fully saturated rings. The molecule has 5 heteroatoms. The van der Waals surface area contributed by atoms with E-state index in [-0.39, 0.29) is 5.69 Å². The molecule has 2 rings (SSSR count). The van der Waals surface area contributed by atoms with E-state index in [1.807, 2.05) is 18.2 Å². The highest BCUT2D eigenvalue weighted by atomic mass is 16.4. The maximum Gasteiger partial charge on any atom is 0.354 e. The zero-order chi connectivity index (χ0) is 13.5. The van der Waals surface area contributed by atoms with E-state index in [2.05, 4.69) is 27.4 Å². The van der Waals surface area contributed by atoms with Crippen LogP contribution in [0.4, 0.5) is 5.95 Å². The SMILES string of the molecule is O=C(O)c1ccnc(NCCCc2ccccc2)n1. The number of carboxylic acids is 1. The van der Waals surface area contributed by atoms with Gasteiger partial charge in [0.1, 0.15) is 0 Å². The van der Waals surface area contributed by atoms with Crippen molar-refractivity contribution in [3.05, 3.63) is 53.9 Å². The van der Waals surface area contributed by atoms with Crippen molar-refractivity contribution in [2.45, 2.75) is 12.8 Å². The molecule has 0 saturated heterocycles. The summed E-state index contributed by atoms with van der Waals surface area (Å²) in [6.45, 7) is 0.706. The van der Waals surface area contributed by atoms with Crippen LogP contribution in [0.3, 0.4) is 0 Å². The molecular formula is C14H15N3O2. The summed E-state index contributed by atoms with van der Waals surface area (Å²) in [5.74, 6) is -0.692. The Balaban J connectivity index is 1.80. The molecule has 0 aliphatic carbocycles. The maximum atomic E-state index is 10.8. The predicted octanol–water partition coefficient (Wildman–Crippen LogP) is 2.22. The fourth-order valence-electron chi connectivity index (χ4n) is 1.70. The van der Waals surface area contributed by atoms with Crippen LogP contribution in [0.5, 0.6) is 0 Å². The number of anilines is 1. The van der Waals surface area contributed by atoms with Gasteiger partial charge in [0.25, 0.3) is 0 Å². The molecule has 0 spiro atoms. The van der Waals surface area contributed by atoms with Crippen molar-refractivity contribution in [1.29, 1.82) is 0 Å². The van der Waals surface area contributed by atoms with E-state index in [0.29, 0.717) is 12.5 Å². The Morgan fingerprint density at radius 3 is 2.74 bits per heavy atom. The molecule has 5 nitrogen and oxygen atoms in total. The number of rotatable bonds is 6. The average Bonchev–Trinajstić information content (AvgIpc) is 2.45. The van der Waals surface area contributed by atoms with Gasteiger partial charge in [-0.1, -0.05) is 30.3 Å². The summed E-state index contributed by atoms with van der Waals surface area (Å²) in [7, 11) is 0. The minimum absolute atomic E-state index is 0.000518. The Hall–Kier alpha value is -2.43. The van der Waals surface area contributed by atoms with Gasteiger partial charge >= 0.3 is 5.97 Å². The number of benzene rings is 1. The van der Waals surface area contributed by atoms with E-state index in [9.17, 15) is 4.79 Å². The molecule has 1 aromatic carbocycles. The number of carbonyl (C=O) groups is 1. The molecule has 2 N–H and O–H groups in total. The van der Waals surface area contributed by atoms with Gasteiger partial charge in [0.05, 0.1) is 0 Å². The summed E-state index contributed by atoms with van der Waals surface area (Å²) in [6, 6.07) is 11.6. The first kappa shape index (κ1) is 13.0. The largest absolute Gasteiger partial charge is 0.477 e. The normalized spacial score (nSPS) is 10.1. The van der Waals surface area contributed by atoms with Gasteiger partial charge in [-0.15, -0.1) is 0 Å². The predicted molar refractivity (Wildman–Crippen MR) is 72.2 cm³/mol. The van der Waals surface area contributed by atoms with Gasteiger partial charge in [0, 0.05) is 12.7 Å². The molecule has 0 unspecified atom stereocenters. The Bertz CT molecular complexity index is 543. The minimum Gasteiger partial charge on any atom is -0.477 e. The summed E-state index contributed by atoms with van der Waals surface area (Å²) in [5, 5.41) is 11.8. The lowest BCUT2D eigenvalue weighted by atomic mass is 10.1. The molecule has 1 heterocycles. The first-order valence-electron chi connectivity index (χ1n) is 6.10. The van der Waals surface area contributed by atoms with Crippen molar-refractivity contribution in [2.24, 2.45) is 0 Å². The molecule has 0 atom stereocenters. The third kappa shape index (κ3) is 4.06. The molecule has 19 heavy (non-hydrogen) atoms. The van der Waals surface area contributed by atoms with Gasteiger partial charge in [-0.2, -0.15) is 0 Å². The van der Waals surface area contributed by atoms with Gasteiger partial charge in [-0.25, -0.2) is 14.8 Å². The van der Waals surface area contributed by atoms with Crippen LogP contribution in [0.1, 0.15) is 22.5 Å². The number of hydrogen-bond donors (Lipinski definition) is 2. The second-order valence-electron chi connectivity index (χ2n) is 4.09. The fraction of sp³-hybridized carbons (Fsp3) is 0.214. The topological polar surface area (TPSA) is 75.1 Å². The molecule has 0 saturated carbocycles. The van der Waals surface area contributed by atoms with E-state index >= 15 is 0 Å². The third-order valence-electron chi connectivity index (χ3n) is 2.64. The van der Waals surface area contributed by atoms with Crippen LogP contribution >= 0.6 is 0 Å². The van der Waals surface area contributed by atoms with Crippen molar-refractivity contribution < 1.29 is 9.90 Å². The highest BCUT2D eigenvalue weighted by molar-refractivity contribution is 5.85. The number of hydrogen-bond acceptors (Lipinski definition) is 4. The first-order chi connectivity index (χ1) is 9.25. The van der Waals surface area contributed by atoms with Crippen LogP contribution in [0.25, 0.3) is 0 Å². The van der Waals surface area contributed by atoms with Gasteiger partial charge in [-0.3, -0.25) is 0 Å². The number of nitrogens with one attached hydrogen (secondary N) is 1. The van der Waals surface area contributed by atoms with Crippen LogP contribution in [0, 0.1) is 0 Å². The zero-order valence-electron chi connectivity index (χ0n) is 10.4. The monoisotopic (exact) mass is 257 g/mol. The number of aromatic carboxylic acids is 1. The second kappa shape index (κ2) is 6.49. The quantitative estimate of drug-likeness (QED) is 0.776. The van der Waals surface area contributed by atoms with Crippen molar-refractivity contribution >= 4 is 11.9 Å². The van der Waals surface area contributed by atoms with Crippen LogP contribution in [-0.4, -0.2) is 27.6 Å². The van der Waals surface area contributed by atoms with Gasteiger partial charge < -0.3 is 10.4 Å². The molecular weight excluding hydrogens is 242 g/mol. The van der Waals surface area contributed by atoms with Crippen LogP contribution in [0.2, 0.25) is 0 Å². The molecule has 0 aliphatic heterocycles. The molecule has 0 amide bonds. The standard InChI is InChI=1S/C14H15N3O2/c18-13(19)12-8-10-16-14(17-12)15-9-4-7-11-5-2-1-3-6-11/h1-3,5-6,8,10H,4,7,9H2,(H,18,19)(H,15,16,17).